The summed E-state index contributed by atoms with van der Waals surface area (Å²) >= 11 is 5.86. The van der Waals surface area contributed by atoms with Crippen molar-refractivity contribution in [3.05, 3.63) is 35.0 Å². The third-order valence-electron chi connectivity index (χ3n) is 4.57. The molecule has 9 heteroatoms. The molecule has 1 amide bonds. The predicted molar refractivity (Wildman–Crippen MR) is 86.8 cm³/mol. The second-order valence-corrected chi connectivity index (χ2v) is 6.82. The van der Waals surface area contributed by atoms with Crippen molar-refractivity contribution in [2.24, 2.45) is 11.8 Å². The molecule has 1 N–H and O–H groups in total. The summed E-state index contributed by atoms with van der Waals surface area (Å²) < 4.78 is 44.6. The molecule has 26 heavy (non-hydrogen) atoms. The van der Waals surface area contributed by atoms with Crippen LogP contribution in [-0.4, -0.2) is 41.1 Å². The van der Waals surface area contributed by atoms with Crippen molar-refractivity contribution in [1.29, 1.82) is 0 Å². The van der Waals surface area contributed by atoms with E-state index in [2.05, 4.69) is 0 Å². The quantitative estimate of drug-likeness (QED) is 0.868. The Labute approximate surface area is 151 Å². The maximum Gasteiger partial charge on any atom is 0.393 e. The van der Waals surface area contributed by atoms with Crippen LogP contribution in [-0.2, 0) is 16.0 Å². The van der Waals surface area contributed by atoms with E-state index in [-0.39, 0.29) is 13.0 Å². The van der Waals surface area contributed by atoms with E-state index in [0.29, 0.717) is 21.6 Å². The number of furan rings is 1. The molecule has 1 aliphatic rings. The van der Waals surface area contributed by atoms with Crippen molar-refractivity contribution in [1.82, 2.24) is 4.90 Å². The fourth-order valence-electron chi connectivity index (χ4n) is 3.19. The van der Waals surface area contributed by atoms with Gasteiger partial charge in [-0.2, -0.15) is 13.2 Å². The summed E-state index contributed by atoms with van der Waals surface area (Å²) in [5, 5.41) is 10.2. The van der Waals surface area contributed by atoms with E-state index in [9.17, 15) is 22.8 Å². The largest absolute Gasteiger partial charge is 0.481 e. The highest BCUT2D eigenvalue weighted by Gasteiger charge is 2.47. The lowest BCUT2D eigenvalue weighted by Gasteiger charge is -2.37. The molecule has 0 bridgehead atoms. The fraction of sp³-hybridized carbons (Fsp3) is 0.412. The second-order valence-electron chi connectivity index (χ2n) is 6.39. The Balaban J connectivity index is 1.79. The number of amides is 1. The molecule has 2 heterocycles. The van der Waals surface area contributed by atoms with Crippen LogP contribution in [0.3, 0.4) is 0 Å². The minimum Gasteiger partial charge on any atom is -0.481 e. The molecule has 0 unspecified atom stereocenters. The Morgan fingerprint density at radius 3 is 2.69 bits per heavy atom. The normalized spacial score (nSPS) is 21.2. The molecule has 1 fully saturated rings. The topological polar surface area (TPSA) is 70.8 Å². The van der Waals surface area contributed by atoms with Gasteiger partial charge in [0.2, 0.25) is 5.91 Å². The third-order valence-corrected chi connectivity index (χ3v) is 4.81. The molecule has 0 saturated carbocycles. The fourth-order valence-corrected chi connectivity index (χ4v) is 3.35. The molecule has 1 saturated heterocycles. The molecule has 1 aromatic heterocycles. The monoisotopic (exact) mass is 389 g/mol. The van der Waals surface area contributed by atoms with Crippen molar-refractivity contribution in [3.8, 4) is 0 Å². The number of carbonyl (C=O) groups excluding carboxylic acids is 1. The minimum atomic E-state index is -4.55. The van der Waals surface area contributed by atoms with Gasteiger partial charge in [0.05, 0.1) is 24.5 Å². The number of carboxylic acids is 1. The lowest BCUT2D eigenvalue weighted by Crippen LogP contribution is -2.50. The Hall–Kier alpha value is -2.22. The number of benzene rings is 1. The Morgan fingerprint density at radius 1 is 1.31 bits per heavy atom. The first-order valence-electron chi connectivity index (χ1n) is 7.88. The average molecular weight is 390 g/mol. The smallest absolute Gasteiger partial charge is 0.393 e. The van der Waals surface area contributed by atoms with Crippen LogP contribution >= 0.6 is 11.6 Å². The molecule has 140 valence electrons. The van der Waals surface area contributed by atoms with Gasteiger partial charge in [-0.05, 0) is 24.6 Å². The first kappa shape index (κ1) is 18.6. The van der Waals surface area contributed by atoms with E-state index >= 15 is 0 Å². The summed E-state index contributed by atoms with van der Waals surface area (Å²) in [6.07, 6.45) is -3.88. The highest BCUT2D eigenvalue weighted by Crippen LogP contribution is 2.36. The summed E-state index contributed by atoms with van der Waals surface area (Å²) in [5.41, 5.74) is 0.984. The predicted octanol–water partition coefficient (Wildman–Crippen LogP) is 3.74. The number of fused-ring (bicyclic) bond motifs is 1. The van der Waals surface area contributed by atoms with E-state index in [1.807, 2.05) is 0 Å². The zero-order valence-corrected chi connectivity index (χ0v) is 14.2. The van der Waals surface area contributed by atoms with Gasteiger partial charge in [0.25, 0.3) is 0 Å². The van der Waals surface area contributed by atoms with Crippen LogP contribution in [0.1, 0.15) is 12.0 Å². The Kier molecular flexibility index (Phi) is 4.88. The number of halogens is 4. The number of nitrogens with zero attached hydrogens (tertiary/aromatic N) is 1. The number of likely N-dealkylation sites (tertiary alicyclic amines) is 1. The molecule has 2 aromatic rings. The van der Waals surface area contributed by atoms with Gasteiger partial charge in [0, 0.05) is 29.1 Å². The van der Waals surface area contributed by atoms with Crippen LogP contribution in [0.2, 0.25) is 5.02 Å². The van der Waals surface area contributed by atoms with Crippen molar-refractivity contribution >= 4 is 34.4 Å². The summed E-state index contributed by atoms with van der Waals surface area (Å²) in [6.45, 7) is -0.768. The molecule has 3 rings (SSSR count). The number of rotatable bonds is 3. The number of hydrogen-bond donors (Lipinski definition) is 1. The highest BCUT2D eigenvalue weighted by atomic mass is 35.5. The van der Waals surface area contributed by atoms with Crippen LogP contribution in [0.15, 0.2) is 28.9 Å². The molecular formula is C17H15ClF3NO4. The zero-order chi connectivity index (χ0) is 19.1. The Morgan fingerprint density at radius 2 is 2.04 bits per heavy atom. The van der Waals surface area contributed by atoms with E-state index < -0.39 is 42.9 Å². The van der Waals surface area contributed by atoms with Gasteiger partial charge in [-0.25, -0.2) is 0 Å². The van der Waals surface area contributed by atoms with Crippen LogP contribution in [0.5, 0.6) is 0 Å². The van der Waals surface area contributed by atoms with Crippen LogP contribution in [0.25, 0.3) is 11.0 Å². The van der Waals surface area contributed by atoms with E-state index in [1.54, 1.807) is 18.2 Å². The number of hydrogen-bond acceptors (Lipinski definition) is 3. The Bertz CT molecular complexity index is 848. The van der Waals surface area contributed by atoms with Crippen molar-refractivity contribution in [2.75, 3.05) is 13.1 Å². The number of piperidine rings is 1. The van der Waals surface area contributed by atoms with Crippen LogP contribution in [0.4, 0.5) is 13.2 Å². The van der Waals surface area contributed by atoms with E-state index in [4.69, 9.17) is 21.1 Å². The van der Waals surface area contributed by atoms with Gasteiger partial charge in [0.1, 0.15) is 5.58 Å². The van der Waals surface area contributed by atoms with E-state index in [1.165, 1.54) is 6.26 Å². The molecule has 2 atom stereocenters. The molecular weight excluding hydrogens is 375 g/mol. The van der Waals surface area contributed by atoms with Gasteiger partial charge < -0.3 is 14.4 Å². The summed E-state index contributed by atoms with van der Waals surface area (Å²) in [7, 11) is 0. The van der Waals surface area contributed by atoms with Crippen LogP contribution < -0.4 is 0 Å². The minimum absolute atomic E-state index is 0.175. The first-order chi connectivity index (χ1) is 12.1. The second kappa shape index (κ2) is 6.83. The van der Waals surface area contributed by atoms with E-state index in [0.717, 1.165) is 4.90 Å². The molecule has 0 spiro atoms. The molecule has 0 radical (unpaired) electrons. The lowest BCUT2D eigenvalue weighted by molar-refractivity contribution is -0.194. The zero-order valence-electron chi connectivity index (χ0n) is 13.4. The van der Waals surface area contributed by atoms with Crippen molar-refractivity contribution < 1.29 is 32.3 Å². The number of alkyl halides is 3. The number of aliphatic carboxylic acids is 1. The van der Waals surface area contributed by atoms with Crippen molar-refractivity contribution in [3.63, 3.8) is 0 Å². The maximum atomic E-state index is 13.1. The SMILES string of the molecule is O=C(O)[C@@H]1C[C@H](C(F)(F)F)CN(C(=O)Cc2coc3cc(Cl)ccc23)C1. The molecule has 0 aliphatic carbocycles. The molecule has 1 aromatic carbocycles. The number of carboxylic acid groups (broad SMARTS) is 1. The lowest BCUT2D eigenvalue weighted by atomic mass is 9.88. The summed E-state index contributed by atoms with van der Waals surface area (Å²) in [6, 6.07) is 4.86. The third kappa shape index (κ3) is 3.80. The van der Waals surface area contributed by atoms with Gasteiger partial charge in [-0.1, -0.05) is 11.6 Å². The number of carbonyl (C=O) groups is 2. The average Bonchev–Trinajstić information content (AvgIpc) is 2.95. The maximum absolute atomic E-state index is 13.1. The van der Waals surface area contributed by atoms with Crippen LogP contribution in [0, 0.1) is 11.8 Å². The summed E-state index contributed by atoms with van der Waals surface area (Å²) in [5.74, 6) is -4.98. The molecule has 5 nitrogen and oxygen atoms in total. The first-order valence-corrected chi connectivity index (χ1v) is 8.26. The van der Waals surface area contributed by atoms with Gasteiger partial charge in [0.15, 0.2) is 0 Å². The summed E-state index contributed by atoms with van der Waals surface area (Å²) in [4.78, 5) is 24.7. The van der Waals surface area contributed by atoms with Gasteiger partial charge >= 0.3 is 12.1 Å². The van der Waals surface area contributed by atoms with Gasteiger partial charge in [-0.15, -0.1) is 0 Å². The molecule has 1 aliphatic heterocycles. The standard InChI is InChI=1S/C17H15ClF3NO4/c18-12-1-2-13-10(8-26-14(13)5-12)4-15(23)22-6-9(16(24)25)3-11(7-22)17(19,20)21/h1-2,5,8-9,11H,3-4,6-7H2,(H,24,25)/t9-,11+/m1/s1. The van der Waals surface area contributed by atoms with Crippen molar-refractivity contribution in [2.45, 2.75) is 19.0 Å². The highest BCUT2D eigenvalue weighted by molar-refractivity contribution is 6.31. The van der Waals surface area contributed by atoms with Gasteiger partial charge in [-0.3, -0.25) is 9.59 Å².